The third-order valence-corrected chi connectivity index (χ3v) is 7.11. The van der Waals surface area contributed by atoms with E-state index in [1.54, 1.807) is 0 Å². The zero-order valence-corrected chi connectivity index (χ0v) is 16.4. The normalized spacial score (nSPS) is 32.2. The minimum absolute atomic E-state index is 0.356. The molecule has 0 bridgehead atoms. The first kappa shape index (κ1) is 19.8. The molecule has 24 heavy (non-hydrogen) atoms. The van der Waals surface area contributed by atoms with Gasteiger partial charge in [0.15, 0.2) is 0 Å². The molecule has 1 unspecified atom stereocenters. The highest BCUT2D eigenvalue weighted by Crippen LogP contribution is 2.41. The van der Waals surface area contributed by atoms with Gasteiger partial charge in [0.05, 0.1) is 6.07 Å². The summed E-state index contributed by atoms with van der Waals surface area (Å²) in [6, 6.07) is 2.72. The Balaban J connectivity index is 1.69. The molecule has 0 heterocycles. The molecule has 0 aliphatic heterocycles. The van der Waals surface area contributed by atoms with Crippen molar-refractivity contribution in [1.82, 2.24) is 0 Å². The molecule has 0 spiro atoms. The Bertz CT molecular complexity index is 353. The first-order chi connectivity index (χ1) is 11.8. The smallest absolute Gasteiger partial charge is 0.0658 e. The van der Waals surface area contributed by atoms with E-state index in [0.29, 0.717) is 11.8 Å². The second-order valence-corrected chi connectivity index (χ2v) is 8.92. The van der Waals surface area contributed by atoms with Crippen LogP contribution < -0.4 is 0 Å². The SMILES string of the molecule is CCCCC1CCC(CC(C#N)C2CCC(CCCC)CC2)CC1. The van der Waals surface area contributed by atoms with Gasteiger partial charge in [0.25, 0.3) is 0 Å². The van der Waals surface area contributed by atoms with E-state index in [2.05, 4.69) is 19.9 Å². The van der Waals surface area contributed by atoms with Gasteiger partial charge in [0, 0.05) is 5.92 Å². The van der Waals surface area contributed by atoms with Gasteiger partial charge in [0.2, 0.25) is 0 Å². The van der Waals surface area contributed by atoms with Crippen molar-refractivity contribution in [2.24, 2.45) is 29.6 Å². The summed E-state index contributed by atoms with van der Waals surface area (Å²) in [6.45, 7) is 4.61. The minimum Gasteiger partial charge on any atom is -0.198 e. The van der Waals surface area contributed by atoms with Crippen molar-refractivity contribution in [2.45, 2.75) is 110 Å². The van der Waals surface area contributed by atoms with Crippen molar-refractivity contribution in [3.8, 4) is 6.07 Å². The Kier molecular flexibility index (Phi) is 9.22. The predicted octanol–water partition coefficient (Wildman–Crippen LogP) is 7.51. The molecule has 1 atom stereocenters. The maximum Gasteiger partial charge on any atom is 0.0658 e. The van der Waals surface area contributed by atoms with E-state index in [1.165, 1.54) is 96.3 Å². The molecule has 0 aromatic carbocycles. The van der Waals surface area contributed by atoms with Crippen LogP contribution in [-0.2, 0) is 0 Å². The molecule has 0 radical (unpaired) electrons. The van der Waals surface area contributed by atoms with Gasteiger partial charge in [-0.3, -0.25) is 0 Å². The van der Waals surface area contributed by atoms with Crippen LogP contribution in [0.4, 0.5) is 0 Å². The molecule has 1 heteroatoms. The fourth-order valence-electron chi connectivity index (χ4n) is 5.33. The van der Waals surface area contributed by atoms with Gasteiger partial charge in [0.1, 0.15) is 0 Å². The van der Waals surface area contributed by atoms with Gasteiger partial charge in [-0.1, -0.05) is 90.9 Å². The molecular formula is C23H41N. The Hall–Kier alpha value is -0.510. The molecule has 2 aliphatic rings. The Morgan fingerprint density at radius 1 is 0.750 bits per heavy atom. The largest absolute Gasteiger partial charge is 0.198 e. The van der Waals surface area contributed by atoms with Gasteiger partial charge in [-0.25, -0.2) is 0 Å². The molecule has 138 valence electrons. The van der Waals surface area contributed by atoms with Crippen LogP contribution in [0, 0.1) is 40.9 Å². The van der Waals surface area contributed by atoms with Gasteiger partial charge in [-0.05, 0) is 42.9 Å². The summed E-state index contributed by atoms with van der Waals surface area (Å²) in [5.74, 6) is 3.88. The third-order valence-electron chi connectivity index (χ3n) is 7.11. The third kappa shape index (κ3) is 6.42. The lowest BCUT2D eigenvalue weighted by Gasteiger charge is -2.34. The summed E-state index contributed by atoms with van der Waals surface area (Å²) >= 11 is 0. The van der Waals surface area contributed by atoms with Crippen molar-refractivity contribution in [2.75, 3.05) is 0 Å². The number of nitriles is 1. The van der Waals surface area contributed by atoms with Crippen molar-refractivity contribution < 1.29 is 0 Å². The van der Waals surface area contributed by atoms with E-state index < -0.39 is 0 Å². The molecule has 2 saturated carbocycles. The number of hydrogen-bond acceptors (Lipinski definition) is 1. The average molecular weight is 332 g/mol. The van der Waals surface area contributed by atoms with Crippen LogP contribution in [0.2, 0.25) is 0 Å². The monoisotopic (exact) mass is 331 g/mol. The fraction of sp³-hybridized carbons (Fsp3) is 0.957. The zero-order valence-electron chi connectivity index (χ0n) is 16.4. The second kappa shape index (κ2) is 11.2. The highest BCUT2D eigenvalue weighted by atomic mass is 14.4. The molecule has 0 aromatic rings. The van der Waals surface area contributed by atoms with Crippen LogP contribution in [0.5, 0.6) is 0 Å². The quantitative estimate of drug-likeness (QED) is 0.429. The summed E-state index contributed by atoms with van der Waals surface area (Å²) in [5.41, 5.74) is 0. The molecule has 2 fully saturated rings. The van der Waals surface area contributed by atoms with Crippen LogP contribution in [0.3, 0.4) is 0 Å². The Morgan fingerprint density at radius 2 is 1.21 bits per heavy atom. The summed E-state index contributed by atoms with van der Waals surface area (Å²) in [6.07, 6.45) is 20.7. The van der Waals surface area contributed by atoms with Gasteiger partial charge < -0.3 is 0 Å². The maximum absolute atomic E-state index is 9.73. The van der Waals surface area contributed by atoms with Gasteiger partial charge >= 0.3 is 0 Å². The summed E-state index contributed by atoms with van der Waals surface area (Å²) in [7, 11) is 0. The van der Waals surface area contributed by atoms with Gasteiger partial charge in [-0.15, -0.1) is 0 Å². The number of hydrogen-bond donors (Lipinski definition) is 0. The van der Waals surface area contributed by atoms with E-state index in [-0.39, 0.29) is 0 Å². The second-order valence-electron chi connectivity index (χ2n) is 8.92. The highest BCUT2D eigenvalue weighted by molar-refractivity contribution is 4.92. The van der Waals surface area contributed by atoms with Crippen LogP contribution in [-0.4, -0.2) is 0 Å². The van der Waals surface area contributed by atoms with E-state index in [9.17, 15) is 5.26 Å². The number of rotatable bonds is 9. The molecule has 0 aromatic heterocycles. The number of unbranched alkanes of at least 4 members (excludes halogenated alkanes) is 2. The average Bonchev–Trinajstić information content (AvgIpc) is 2.64. The van der Waals surface area contributed by atoms with Crippen LogP contribution >= 0.6 is 0 Å². The molecule has 0 saturated heterocycles. The van der Waals surface area contributed by atoms with E-state index >= 15 is 0 Å². The molecule has 0 amide bonds. The van der Waals surface area contributed by atoms with E-state index in [0.717, 1.165) is 17.8 Å². The summed E-state index contributed by atoms with van der Waals surface area (Å²) in [4.78, 5) is 0. The zero-order chi connectivity index (χ0) is 17.2. The lowest BCUT2D eigenvalue weighted by Crippen LogP contribution is -2.24. The lowest BCUT2D eigenvalue weighted by molar-refractivity contribution is 0.177. The lowest BCUT2D eigenvalue weighted by atomic mass is 9.70. The molecule has 2 rings (SSSR count). The minimum atomic E-state index is 0.356. The fourth-order valence-corrected chi connectivity index (χ4v) is 5.33. The van der Waals surface area contributed by atoms with Crippen LogP contribution in [0.1, 0.15) is 110 Å². The molecule has 1 nitrogen and oxygen atoms in total. The summed E-state index contributed by atoms with van der Waals surface area (Å²) in [5, 5.41) is 9.73. The van der Waals surface area contributed by atoms with E-state index in [1.807, 2.05) is 0 Å². The van der Waals surface area contributed by atoms with Crippen molar-refractivity contribution in [3.05, 3.63) is 0 Å². The Morgan fingerprint density at radius 3 is 1.67 bits per heavy atom. The topological polar surface area (TPSA) is 23.8 Å². The van der Waals surface area contributed by atoms with Crippen molar-refractivity contribution in [1.29, 1.82) is 5.26 Å². The summed E-state index contributed by atoms with van der Waals surface area (Å²) < 4.78 is 0. The molecule has 0 N–H and O–H groups in total. The maximum atomic E-state index is 9.73. The Labute approximate surface area is 151 Å². The number of nitrogens with zero attached hydrogens (tertiary/aromatic N) is 1. The standard InChI is InChI=1S/C23H41N/c1-3-5-7-19-9-11-21(12-10-19)17-23(18-24)22-15-13-20(14-16-22)8-6-4-2/h19-23H,3-17H2,1-2H3. The van der Waals surface area contributed by atoms with Crippen molar-refractivity contribution >= 4 is 0 Å². The van der Waals surface area contributed by atoms with Crippen LogP contribution in [0.15, 0.2) is 0 Å². The first-order valence-corrected chi connectivity index (χ1v) is 11.2. The van der Waals surface area contributed by atoms with Crippen LogP contribution in [0.25, 0.3) is 0 Å². The highest BCUT2D eigenvalue weighted by Gasteiger charge is 2.30. The van der Waals surface area contributed by atoms with E-state index in [4.69, 9.17) is 0 Å². The predicted molar refractivity (Wildman–Crippen MR) is 104 cm³/mol. The molecule has 2 aliphatic carbocycles. The van der Waals surface area contributed by atoms with Gasteiger partial charge in [-0.2, -0.15) is 5.26 Å². The first-order valence-electron chi connectivity index (χ1n) is 11.2. The van der Waals surface area contributed by atoms with Crippen molar-refractivity contribution in [3.63, 3.8) is 0 Å². The molecular weight excluding hydrogens is 290 g/mol.